The molecule has 3 heteroatoms. The number of nitrogens with zero attached hydrogens (tertiary/aromatic N) is 1. The van der Waals surface area contributed by atoms with Crippen molar-refractivity contribution in [1.82, 2.24) is 0 Å². The summed E-state index contributed by atoms with van der Waals surface area (Å²) in [7, 11) is 0. The van der Waals surface area contributed by atoms with Gasteiger partial charge in [-0.15, -0.1) is 0 Å². The minimum atomic E-state index is -0.960. The molecule has 0 bridgehead atoms. The zero-order valence-electron chi connectivity index (χ0n) is 17.3. The van der Waals surface area contributed by atoms with Crippen molar-refractivity contribution in [2.45, 2.75) is 44.4 Å². The maximum Gasteiger partial charge on any atom is 0.335 e. The maximum atomic E-state index is 11.3. The molecule has 0 aliphatic heterocycles. The van der Waals surface area contributed by atoms with Gasteiger partial charge < -0.3 is 5.11 Å². The summed E-state index contributed by atoms with van der Waals surface area (Å²) in [5.74, 6) is -0.960. The van der Waals surface area contributed by atoms with E-state index in [1.165, 1.54) is 0 Å². The minimum Gasteiger partial charge on any atom is -0.478 e. The van der Waals surface area contributed by atoms with Crippen molar-refractivity contribution in [3.8, 4) is 17.2 Å². The highest BCUT2D eigenvalue weighted by molar-refractivity contribution is 5.87. The first-order valence-electron chi connectivity index (χ1n) is 10.5. The lowest BCUT2D eigenvalue weighted by molar-refractivity contribution is 0.0697. The average Bonchev–Trinajstić information content (AvgIpc) is 2.80. The predicted octanol–water partition coefficient (Wildman–Crippen LogP) is 6.83. The topological polar surface area (TPSA) is 61.1 Å². The molecule has 3 nitrogen and oxygen atoms in total. The summed E-state index contributed by atoms with van der Waals surface area (Å²) in [6.07, 6.45) is 5.00. The van der Waals surface area contributed by atoms with Crippen LogP contribution in [-0.4, -0.2) is 11.1 Å². The number of rotatable bonds is 9. The van der Waals surface area contributed by atoms with E-state index < -0.39 is 11.4 Å². The smallest absolute Gasteiger partial charge is 0.335 e. The summed E-state index contributed by atoms with van der Waals surface area (Å²) in [4.78, 5) is 11.3. The zero-order valence-corrected chi connectivity index (χ0v) is 17.3. The fraction of sp³-hybridized carbons (Fsp3) is 0.259. The van der Waals surface area contributed by atoms with E-state index in [0.29, 0.717) is 6.42 Å². The minimum absolute atomic E-state index is 0.231. The van der Waals surface area contributed by atoms with Crippen LogP contribution < -0.4 is 0 Å². The summed E-state index contributed by atoms with van der Waals surface area (Å²) >= 11 is 0. The summed E-state index contributed by atoms with van der Waals surface area (Å²) in [5, 5.41) is 19.7. The molecule has 0 saturated heterocycles. The fourth-order valence-electron chi connectivity index (χ4n) is 3.95. The van der Waals surface area contributed by atoms with E-state index in [-0.39, 0.29) is 5.56 Å². The van der Waals surface area contributed by atoms with Gasteiger partial charge in [-0.05, 0) is 46.9 Å². The Morgan fingerprint density at radius 3 is 2.20 bits per heavy atom. The Hall–Kier alpha value is -3.38. The van der Waals surface area contributed by atoms with E-state index in [0.717, 1.165) is 47.9 Å². The molecule has 0 radical (unpaired) electrons. The third-order valence-electron chi connectivity index (χ3n) is 5.68. The largest absolute Gasteiger partial charge is 0.478 e. The van der Waals surface area contributed by atoms with Gasteiger partial charge in [0, 0.05) is 0 Å². The van der Waals surface area contributed by atoms with Crippen LogP contribution in [0.1, 0.15) is 60.5 Å². The Kier molecular flexibility index (Phi) is 7.03. The third kappa shape index (κ3) is 4.60. The average molecular weight is 398 g/mol. The molecule has 1 atom stereocenters. The first kappa shape index (κ1) is 21.3. The van der Waals surface area contributed by atoms with Gasteiger partial charge in [-0.25, -0.2) is 4.79 Å². The molecule has 0 amide bonds. The second kappa shape index (κ2) is 9.89. The van der Waals surface area contributed by atoms with Crippen molar-refractivity contribution >= 4 is 5.97 Å². The van der Waals surface area contributed by atoms with Crippen molar-refractivity contribution in [3.63, 3.8) is 0 Å². The highest BCUT2D eigenvalue weighted by Gasteiger charge is 2.34. The number of benzene rings is 3. The van der Waals surface area contributed by atoms with Crippen LogP contribution in [-0.2, 0) is 5.41 Å². The quantitative estimate of drug-likeness (QED) is 0.402. The molecule has 3 rings (SSSR count). The van der Waals surface area contributed by atoms with E-state index in [1.807, 2.05) is 30.3 Å². The van der Waals surface area contributed by atoms with E-state index >= 15 is 0 Å². The molecular formula is C27H27NO2. The van der Waals surface area contributed by atoms with Gasteiger partial charge in [-0.2, -0.15) is 5.26 Å². The first-order chi connectivity index (χ1) is 14.6. The van der Waals surface area contributed by atoms with Crippen molar-refractivity contribution < 1.29 is 9.90 Å². The van der Waals surface area contributed by atoms with Crippen molar-refractivity contribution in [2.24, 2.45) is 0 Å². The molecule has 0 saturated carbocycles. The van der Waals surface area contributed by atoms with Gasteiger partial charge in [-0.1, -0.05) is 93.3 Å². The number of unbranched alkanes of at least 4 members (excludes halogenated alkanes) is 3. The Morgan fingerprint density at radius 1 is 0.867 bits per heavy atom. The van der Waals surface area contributed by atoms with Crippen LogP contribution in [0.3, 0.4) is 0 Å². The zero-order chi connectivity index (χ0) is 21.4. The van der Waals surface area contributed by atoms with Crippen LogP contribution in [0.15, 0.2) is 78.9 Å². The molecule has 1 unspecified atom stereocenters. The fourth-order valence-corrected chi connectivity index (χ4v) is 3.95. The summed E-state index contributed by atoms with van der Waals surface area (Å²) in [6, 6.07) is 27.7. The van der Waals surface area contributed by atoms with Crippen LogP contribution >= 0.6 is 0 Å². The molecule has 3 aromatic rings. The Balaban J connectivity index is 2.07. The van der Waals surface area contributed by atoms with Crippen LogP contribution in [0.4, 0.5) is 0 Å². The van der Waals surface area contributed by atoms with Gasteiger partial charge in [-0.3, -0.25) is 0 Å². The number of carbonyl (C=O) groups is 1. The summed E-state index contributed by atoms with van der Waals surface area (Å²) in [5.41, 5.74) is 3.40. The first-order valence-corrected chi connectivity index (χ1v) is 10.5. The van der Waals surface area contributed by atoms with Crippen molar-refractivity contribution in [2.75, 3.05) is 0 Å². The number of hydrogen-bond donors (Lipinski definition) is 1. The Labute approximate surface area is 178 Å². The van der Waals surface area contributed by atoms with Gasteiger partial charge >= 0.3 is 5.97 Å². The SMILES string of the molecule is CCCCCCC(C#N)(c1ccc(C(=O)O)cc1)c1cccc(-c2ccccc2)c1. The standard InChI is InChI=1S/C27H27NO2/c1-2-3-4-8-18-27(20-28,24-16-14-22(15-17-24)26(29)30)25-13-9-12-23(19-25)21-10-6-5-7-11-21/h5-7,9-17,19H,2-4,8,18H2,1H3,(H,29,30). The highest BCUT2D eigenvalue weighted by Crippen LogP contribution is 2.38. The monoisotopic (exact) mass is 397 g/mol. The van der Waals surface area contributed by atoms with E-state index in [9.17, 15) is 15.2 Å². The van der Waals surface area contributed by atoms with E-state index in [4.69, 9.17) is 0 Å². The van der Waals surface area contributed by atoms with Gasteiger partial charge in [0.25, 0.3) is 0 Å². The van der Waals surface area contributed by atoms with E-state index in [1.54, 1.807) is 24.3 Å². The van der Waals surface area contributed by atoms with Crippen LogP contribution in [0.5, 0.6) is 0 Å². The second-order valence-electron chi connectivity index (χ2n) is 7.66. The molecule has 0 aromatic heterocycles. The molecule has 0 spiro atoms. The summed E-state index contributed by atoms with van der Waals surface area (Å²) < 4.78 is 0. The molecule has 3 aromatic carbocycles. The molecular weight excluding hydrogens is 370 g/mol. The van der Waals surface area contributed by atoms with E-state index in [2.05, 4.69) is 37.3 Å². The number of nitriles is 1. The lowest BCUT2D eigenvalue weighted by Gasteiger charge is -2.29. The molecule has 0 heterocycles. The molecule has 0 aliphatic carbocycles. The van der Waals surface area contributed by atoms with Gasteiger partial charge in [0.1, 0.15) is 5.41 Å². The van der Waals surface area contributed by atoms with Crippen LogP contribution in [0.25, 0.3) is 11.1 Å². The molecule has 30 heavy (non-hydrogen) atoms. The van der Waals surface area contributed by atoms with Crippen molar-refractivity contribution in [1.29, 1.82) is 5.26 Å². The van der Waals surface area contributed by atoms with Gasteiger partial charge in [0.2, 0.25) is 0 Å². The number of aromatic carboxylic acids is 1. The maximum absolute atomic E-state index is 11.3. The number of carboxylic acids is 1. The van der Waals surface area contributed by atoms with Gasteiger partial charge in [0.05, 0.1) is 11.6 Å². The Bertz CT molecular complexity index is 1020. The van der Waals surface area contributed by atoms with Crippen LogP contribution in [0, 0.1) is 11.3 Å². The highest BCUT2D eigenvalue weighted by atomic mass is 16.4. The number of carboxylic acid groups (broad SMARTS) is 1. The Morgan fingerprint density at radius 2 is 1.57 bits per heavy atom. The summed E-state index contributed by atoms with van der Waals surface area (Å²) in [6.45, 7) is 2.17. The van der Waals surface area contributed by atoms with Crippen molar-refractivity contribution in [3.05, 3.63) is 95.6 Å². The normalized spacial score (nSPS) is 12.7. The molecule has 0 aliphatic rings. The number of hydrogen-bond acceptors (Lipinski definition) is 2. The lowest BCUT2D eigenvalue weighted by Crippen LogP contribution is -2.26. The lowest BCUT2D eigenvalue weighted by atomic mass is 9.71. The molecule has 152 valence electrons. The van der Waals surface area contributed by atoms with Gasteiger partial charge in [0.15, 0.2) is 0 Å². The third-order valence-corrected chi connectivity index (χ3v) is 5.68. The second-order valence-corrected chi connectivity index (χ2v) is 7.66. The molecule has 1 N–H and O–H groups in total. The molecule has 0 fully saturated rings. The predicted molar refractivity (Wildman–Crippen MR) is 120 cm³/mol. The van der Waals surface area contributed by atoms with Crippen LogP contribution in [0.2, 0.25) is 0 Å².